The monoisotopic (exact) mass is 501 g/mol. The van der Waals surface area contributed by atoms with E-state index in [1.807, 2.05) is 0 Å². The van der Waals surface area contributed by atoms with E-state index in [0.29, 0.717) is 23.1 Å². The summed E-state index contributed by atoms with van der Waals surface area (Å²) in [5, 5.41) is 16.4. The van der Waals surface area contributed by atoms with Gasteiger partial charge in [-0.3, -0.25) is 10.1 Å². The van der Waals surface area contributed by atoms with Gasteiger partial charge >= 0.3 is 12.1 Å². The van der Waals surface area contributed by atoms with Crippen molar-refractivity contribution in [2.24, 2.45) is 0 Å². The second-order valence-corrected chi connectivity index (χ2v) is 8.92. The van der Waals surface area contributed by atoms with Crippen LogP contribution in [0.3, 0.4) is 0 Å². The summed E-state index contributed by atoms with van der Waals surface area (Å²) < 4.78 is 45.6. The molecule has 0 amide bonds. The number of rotatable bonds is 5. The summed E-state index contributed by atoms with van der Waals surface area (Å²) in [6.07, 6.45) is 0.733. The first-order chi connectivity index (χ1) is 15.6. The second-order valence-electron chi connectivity index (χ2n) is 7.41. The molecule has 0 saturated carbocycles. The molecule has 1 aromatic heterocycles. The molecule has 0 unspecified atom stereocenters. The zero-order valence-electron chi connectivity index (χ0n) is 17.7. The highest BCUT2D eigenvalue weighted by Gasteiger charge is 2.35. The Bertz CT molecular complexity index is 1070. The molecule has 7 nitrogen and oxygen atoms in total. The predicted octanol–water partition coefficient (Wildman–Crippen LogP) is 6.32. The molecule has 1 aromatic carbocycles. The number of nitrogens with one attached hydrogen (secondary N) is 2. The molecule has 1 aliphatic carbocycles. The number of nitro groups is 1. The molecule has 3 rings (SSSR count). The van der Waals surface area contributed by atoms with Crippen LogP contribution in [0.2, 0.25) is 0 Å². The van der Waals surface area contributed by atoms with Crippen molar-refractivity contribution < 1.29 is 27.6 Å². The van der Waals surface area contributed by atoms with Gasteiger partial charge in [0, 0.05) is 17.0 Å². The standard InChI is InChI=1S/C21H22F3N3O4S2/c1-2-31-19(28)17-13-7-5-3-4-6-8-16(13)33-18(17)26-20(32)25-15-10-9-12(27(29)30)11-14(15)21(22,23)24/h9-11H,2-8H2,1H3,(H2,25,26,32). The number of carbonyl (C=O) groups is 1. The van der Waals surface area contributed by atoms with Gasteiger partial charge in [-0.2, -0.15) is 13.2 Å². The van der Waals surface area contributed by atoms with E-state index in [9.17, 15) is 28.1 Å². The number of anilines is 2. The Morgan fingerprint density at radius 2 is 1.91 bits per heavy atom. The van der Waals surface area contributed by atoms with E-state index < -0.39 is 34.0 Å². The molecule has 0 spiro atoms. The number of carbonyl (C=O) groups excluding carboxylic acids is 1. The number of thiocarbonyl (C=S) groups is 1. The molecule has 0 radical (unpaired) electrons. The van der Waals surface area contributed by atoms with Crippen LogP contribution >= 0.6 is 23.6 Å². The summed E-state index contributed by atoms with van der Waals surface area (Å²) in [4.78, 5) is 23.7. The van der Waals surface area contributed by atoms with Gasteiger partial charge in [0.05, 0.1) is 28.3 Å². The minimum Gasteiger partial charge on any atom is -0.462 e. The van der Waals surface area contributed by atoms with Crippen LogP contribution in [-0.4, -0.2) is 22.6 Å². The van der Waals surface area contributed by atoms with E-state index in [1.165, 1.54) is 11.3 Å². The third kappa shape index (κ3) is 5.99. The highest BCUT2D eigenvalue weighted by atomic mass is 32.1. The Hall–Kier alpha value is -2.73. The molecule has 178 valence electrons. The number of halogens is 3. The molecule has 0 aliphatic heterocycles. The fourth-order valence-corrected chi connectivity index (χ4v) is 5.23. The number of esters is 1. The first-order valence-electron chi connectivity index (χ1n) is 10.4. The Kier molecular flexibility index (Phi) is 7.90. The predicted molar refractivity (Wildman–Crippen MR) is 124 cm³/mol. The second kappa shape index (κ2) is 10.5. The third-order valence-corrected chi connectivity index (χ3v) is 6.56. The van der Waals surface area contributed by atoms with Gasteiger partial charge in [-0.25, -0.2) is 4.79 Å². The van der Waals surface area contributed by atoms with Gasteiger partial charge in [-0.1, -0.05) is 12.8 Å². The van der Waals surface area contributed by atoms with E-state index in [-0.39, 0.29) is 11.7 Å². The molecule has 12 heteroatoms. The highest BCUT2D eigenvalue weighted by Crippen LogP contribution is 2.39. The maximum atomic E-state index is 13.5. The minimum absolute atomic E-state index is 0.172. The fraction of sp³-hybridized carbons (Fsp3) is 0.429. The smallest absolute Gasteiger partial charge is 0.418 e. The molecule has 0 bridgehead atoms. The maximum Gasteiger partial charge on any atom is 0.418 e. The molecule has 0 fully saturated rings. The van der Waals surface area contributed by atoms with E-state index in [4.69, 9.17) is 17.0 Å². The van der Waals surface area contributed by atoms with Crippen LogP contribution in [0.5, 0.6) is 0 Å². The Labute approximate surface area is 197 Å². The lowest BCUT2D eigenvalue weighted by atomic mass is 9.96. The zero-order chi connectivity index (χ0) is 24.2. The number of nitrogens with zero attached hydrogens (tertiary/aromatic N) is 1. The van der Waals surface area contributed by atoms with Gasteiger partial charge in [0.1, 0.15) is 5.00 Å². The van der Waals surface area contributed by atoms with Crippen LogP contribution in [-0.2, 0) is 23.8 Å². The number of ether oxygens (including phenoxy) is 1. The van der Waals surface area contributed by atoms with Crippen LogP contribution in [0, 0.1) is 10.1 Å². The summed E-state index contributed by atoms with van der Waals surface area (Å²) in [6.45, 7) is 1.88. The molecular formula is C21H22F3N3O4S2. The van der Waals surface area contributed by atoms with Crippen LogP contribution < -0.4 is 10.6 Å². The number of nitro benzene ring substituents is 1. The van der Waals surface area contributed by atoms with Crippen molar-refractivity contribution in [3.05, 3.63) is 49.9 Å². The number of thiophene rings is 1. The van der Waals surface area contributed by atoms with Crippen molar-refractivity contribution in [1.82, 2.24) is 0 Å². The first-order valence-corrected chi connectivity index (χ1v) is 11.6. The van der Waals surface area contributed by atoms with Crippen molar-refractivity contribution in [2.75, 3.05) is 17.2 Å². The lowest BCUT2D eigenvalue weighted by Gasteiger charge is -2.16. The van der Waals surface area contributed by atoms with Crippen molar-refractivity contribution in [3.63, 3.8) is 0 Å². The Balaban J connectivity index is 1.91. The van der Waals surface area contributed by atoms with Crippen LogP contribution in [0.25, 0.3) is 0 Å². The highest BCUT2D eigenvalue weighted by molar-refractivity contribution is 7.80. The van der Waals surface area contributed by atoms with Gasteiger partial charge in [0.2, 0.25) is 0 Å². The summed E-state index contributed by atoms with van der Waals surface area (Å²) in [5.41, 5.74) is -1.07. The molecule has 1 aliphatic rings. The Morgan fingerprint density at radius 1 is 1.21 bits per heavy atom. The molecule has 1 heterocycles. The number of benzene rings is 1. The number of aryl methyl sites for hydroxylation is 1. The normalized spacial score (nSPS) is 13.9. The zero-order valence-corrected chi connectivity index (χ0v) is 19.3. The van der Waals surface area contributed by atoms with E-state index in [2.05, 4.69) is 10.6 Å². The topological polar surface area (TPSA) is 93.5 Å². The lowest BCUT2D eigenvalue weighted by Crippen LogP contribution is -2.22. The van der Waals surface area contributed by atoms with E-state index in [1.54, 1.807) is 6.92 Å². The molecule has 33 heavy (non-hydrogen) atoms. The summed E-state index contributed by atoms with van der Waals surface area (Å²) in [5.74, 6) is -0.507. The molecule has 0 saturated heterocycles. The van der Waals surface area contributed by atoms with Gasteiger partial charge in [0.15, 0.2) is 5.11 Å². The van der Waals surface area contributed by atoms with E-state index >= 15 is 0 Å². The van der Waals surface area contributed by atoms with Crippen molar-refractivity contribution in [3.8, 4) is 0 Å². The summed E-state index contributed by atoms with van der Waals surface area (Å²) in [6, 6.07) is 2.36. The SMILES string of the molecule is CCOC(=O)c1c(NC(=S)Nc2ccc([N+](=O)[O-])cc2C(F)(F)F)sc2c1CCCCCC2. The summed E-state index contributed by atoms with van der Waals surface area (Å²) >= 11 is 6.56. The van der Waals surface area contributed by atoms with Gasteiger partial charge in [0.25, 0.3) is 5.69 Å². The number of alkyl halides is 3. The van der Waals surface area contributed by atoms with Crippen molar-refractivity contribution in [1.29, 1.82) is 0 Å². The molecule has 0 atom stereocenters. The van der Waals surface area contributed by atoms with Crippen molar-refractivity contribution in [2.45, 2.75) is 51.6 Å². The van der Waals surface area contributed by atoms with Crippen LogP contribution in [0.4, 0.5) is 29.5 Å². The van der Waals surface area contributed by atoms with Gasteiger partial charge < -0.3 is 15.4 Å². The van der Waals surface area contributed by atoms with E-state index in [0.717, 1.165) is 54.7 Å². The molecule has 2 aromatic rings. The maximum absolute atomic E-state index is 13.5. The van der Waals surface area contributed by atoms with Crippen LogP contribution in [0.15, 0.2) is 18.2 Å². The number of hydrogen-bond donors (Lipinski definition) is 2. The van der Waals surface area contributed by atoms with Crippen LogP contribution in [0.1, 0.15) is 59.0 Å². The van der Waals surface area contributed by atoms with Crippen molar-refractivity contribution >= 4 is 51.0 Å². The number of non-ortho nitro benzene ring substituents is 1. The van der Waals surface area contributed by atoms with Gasteiger partial charge in [-0.15, -0.1) is 11.3 Å². The number of hydrogen-bond acceptors (Lipinski definition) is 6. The number of fused-ring (bicyclic) bond motifs is 1. The average molecular weight is 502 g/mol. The third-order valence-electron chi connectivity index (χ3n) is 5.15. The first kappa shape index (κ1) is 24.9. The molecular weight excluding hydrogens is 479 g/mol. The molecule has 2 N–H and O–H groups in total. The lowest BCUT2D eigenvalue weighted by molar-refractivity contribution is -0.385. The Morgan fingerprint density at radius 3 is 2.55 bits per heavy atom. The fourth-order valence-electron chi connectivity index (χ4n) is 3.67. The minimum atomic E-state index is -4.83. The average Bonchev–Trinajstić information content (AvgIpc) is 3.03. The largest absolute Gasteiger partial charge is 0.462 e. The van der Waals surface area contributed by atoms with Gasteiger partial charge in [-0.05, 0) is 56.5 Å². The summed E-state index contributed by atoms with van der Waals surface area (Å²) in [7, 11) is 0. The quantitative estimate of drug-likeness (QED) is 0.214.